The molecule has 2 aliphatic rings. The van der Waals surface area contributed by atoms with E-state index in [9.17, 15) is 19.8 Å². The Morgan fingerprint density at radius 1 is 0.824 bits per heavy atom. The zero-order valence-electron chi connectivity index (χ0n) is 27.7. The van der Waals surface area contributed by atoms with Gasteiger partial charge in [-0.15, -0.1) is 0 Å². The number of amides is 1. The quantitative estimate of drug-likeness (QED) is 0.145. The van der Waals surface area contributed by atoms with E-state index in [1.165, 1.54) is 12.5 Å². The van der Waals surface area contributed by atoms with Crippen LogP contribution in [0.4, 0.5) is 0 Å². The number of aliphatic carboxylic acids is 1. The number of para-hydroxylation sites is 1. The molecule has 1 spiro atoms. The van der Waals surface area contributed by atoms with Gasteiger partial charge in [0.2, 0.25) is 5.91 Å². The van der Waals surface area contributed by atoms with Gasteiger partial charge in [-0.25, -0.2) is 4.79 Å². The summed E-state index contributed by atoms with van der Waals surface area (Å²) in [6.45, 7) is 5.87. The number of rotatable bonds is 6. The van der Waals surface area contributed by atoms with E-state index in [0.29, 0.717) is 12.4 Å². The number of hydrogen-bond donors (Lipinski definition) is 3. The van der Waals surface area contributed by atoms with E-state index in [4.69, 9.17) is 14.2 Å². The van der Waals surface area contributed by atoms with Crippen LogP contribution in [0, 0.1) is 14.3 Å². The van der Waals surface area contributed by atoms with Gasteiger partial charge >= 0.3 is 5.97 Å². The molecule has 2 unspecified atom stereocenters. The standard InChI is InChI=1S/C20H14O3.C17H13I4NO4.C2H6/c21-14-9-10-17-19(11-14)23-18-8-4-3-7-16(18)20(17)15-6-2-1-5-13(15)12-22-20;1-8(23)22-15(17(24)25)4-9-2-13(20)16(14(21)3-9)26-12-6-10(18)5-11(19)7-12;1-2/h1-11,21H,12H2;2-3,5-7,15H,4H2,1H3,(H,22,23)(H,24,25);1-2H3. The van der Waals surface area contributed by atoms with E-state index >= 15 is 0 Å². The lowest BCUT2D eigenvalue weighted by molar-refractivity contribution is -0.141. The van der Waals surface area contributed by atoms with Crippen molar-refractivity contribution in [3.8, 4) is 28.7 Å². The molecule has 2 heterocycles. The molecule has 2 aliphatic heterocycles. The number of phenolic OH excluding ortho intramolecular Hbond substituents is 1. The van der Waals surface area contributed by atoms with Crippen LogP contribution in [0.5, 0.6) is 28.7 Å². The highest BCUT2D eigenvalue weighted by Gasteiger charge is 2.49. The maximum Gasteiger partial charge on any atom is 0.326 e. The average molecular weight is 1140 g/mol. The Morgan fingerprint density at radius 3 is 2.08 bits per heavy atom. The molecule has 12 heteroatoms. The van der Waals surface area contributed by atoms with Gasteiger partial charge < -0.3 is 29.7 Å². The molecule has 51 heavy (non-hydrogen) atoms. The summed E-state index contributed by atoms with van der Waals surface area (Å²) in [6, 6.07) is 30.2. The van der Waals surface area contributed by atoms with E-state index in [1.807, 2.05) is 80.6 Å². The number of phenols is 1. The number of aromatic hydroxyl groups is 1. The molecule has 0 bridgehead atoms. The number of benzene rings is 5. The van der Waals surface area contributed by atoms with Crippen LogP contribution < -0.4 is 14.8 Å². The van der Waals surface area contributed by atoms with Crippen molar-refractivity contribution in [1.29, 1.82) is 0 Å². The predicted octanol–water partition coefficient (Wildman–Crippen LogP) is 10.4. The fourth-order valence-corrected chi connectivity index (χ4v) is 9.91. The molecule has 3 N–H and O–H groups in total. The molecule has 0 fully saturated rings. The van der Waals surface area contributed by atoms with Crippen LogP contribution in [-0.4, -0.2) is 28.1 Å². The molecule has 0 saturated carbocycles. The lowest BCUT2D eigenvalue weighted by Gasteiger charge is -2.37. The highest BCUT2D eigenvalue weighted by molar-refractivity contribution is 14.1. The fourth-order valence-electron chi connectivity index (χ4n) is 5.91. The van der Waals surface area contributed by atoms with Crippen LogP contribution in [-0.2, 0) is 33.0 Å². The van der Waals surface area contributed by atoms with Crippen LogP contribution in [0.1, 0.15) is 48.6 Å². The average Bonchev–Trinajstić information content (AvgIpc) is 3.46. The summed E-state index contributed by atoms with van der Waals surface area (Å²) in [5.74, 6) is 1.66. The summed E-state index contributed by atoms with van der Waals surface area (Å²) >= 11 is 8.85. The van der Waals surface area contributed by atoms with Crippen LogP contribution >= 0.6 is 90.4 Å². The van der Waals surface area contributed by atoms with E-state index in [1.54, 1.807) is 12.1 Å². The van der Waals surface area contributed by atoms with Gasteiger partial charge in [0.25, 0.3) is 0 Å². The maximum absolute atomic E-state index is 11.3. The number of carbonyl (C=O) groups is 2. The van der Waals surface area contributed by atoms with Crippen LogP contribution in [0.2, 0.25) is 0 Å². The van der Waals surface area contributed by atoms with Crippen LogP contribution in [0.3, 0.4) is 0 Å². The first-order chi connectivity index (χ1) is 24.4. The normalized spacial score (nSPS) is 15.4. The zero-order chi connectivity index (χ0) is 36.9. The van der Waals surface area contributed by atoms with Crippen LogP contribution in [0.15, 0.2) is 97.1 Å². The first-order valence-electron chi connectivity index (χ1n) is 15.9. The minimum atomic E-state index is -1.06. The van der Waals surface area contributed by atoms with Crippen molar-refractivity contribution in [2.24, 2.45) is 0 Å². The Bertz CT molecular complexity index is 2050. The number of carboxylic acid groups (broad SMARTS) is 1. The monoisotopic (exact) mass is 1130 g/mol. The molecule has 0 aliphatic carbocycles. The lowest BCUT2D eigenvalue weighted by Crippen LogP contribution is -2.41. The Morgan fingerprint density at radius 2 is 1.43 bits per heavy atom. The second-order valence-corrected chi connectivity index (χ2v) is 16.1. The molecular weight excluding hydrogens is 1100 g/mol. The van der Waals surface area contributed by atoms with Crippen molar-refractivity contribution in [3.63, 3.8) is 0 Å². The summed E-state index contributed by atoms with van der Waals surface area (Å²) in [5, 5.41) is 21.6. The van der Waals surface area contributed by atoms with E-state index < -0.39 is 17.6 Å². The van der Waals surface area contributed by atoms with Crippen molar-refractivity contribution < 1.29 is 34.0 Å². The van der Waals surface area contributed by atoms with Crippen LogP contribution in [0.25, 0.3) is 0 Å². The summed E-state index contributed by atoms with van der Waals surface area (Å²) in [5.41, 5.74) is 4.41. The van der Waals surface area contributed by atoms with Crippen molar-refractivity contribution in [2.75, 3.05) is 0 Å². The summed E-state index contributed by atoms with van der Waals surface area (Å²) in [7, 11) is 0. The summed E-state index contributed by atoms with van der Waals surface area (Å²) < 4.78 is 22.4. The predicted molar refractivity (Wildman–Crippen MR) is 230 cm³/mol. The van der Waals surface area contributed by atoms with Crippen molar-refractivity contribution in [2.45, 2.75) is 45.4 Å². The Kier molecular flexibility index (Phi) is 13.5. The second kappa shape index (κ2) is 17.4. The number of ether oxygens (including phenoxy) is 3. The molecule has 5 aromatic carbocycles. The van der Waals surface area contributed by atoms with Gasteiger partial charge in [-0.3, -0.25) is 4.79 Å². The van der Waals surface area contributed by atoms with Gasteiger partial charge in [0.15, 0.2) is 11.4 Å². The van der Waals surface area contributed by atoms with Crippen molar-refractivity contribution in [3.05, 3.63) is 139 Å². The molecule has 0 radical (unpaired) electrons. The van der Waals surface area contributed by atoms with E-state index in [-0.39, 0.29) is 18.1 Å². The first-order valence-corrected chi connectivity index (χ1v) is 20.2. The number of fused-ring (bicyclic) bond motifs is 6. The maximum atomic E-state index is 11.3. The molecule has 1 amide bonds. The Hall–Kier alpha value is -2.68. The van der Waals surface area contributed by atoms with Gasteiger partial charge in [0, 0.05) is 37.7 Å². The van der Waals surface area contributed by atoms with Gasteiger partial charge in [0.05, 0.1) is 13.7 Å². The number of carbonyl (C=O) groups excluding carboxylic acids is 1. The second-order valence-electron chi connectivity index (χ2n) is 11.3. The first kappa shape index (κ1) is 39.5. The minimum Gasteiger partial charge on any atom is -0.508 e. The van der Waals surface area contributed by atoms with Gasteiger partial charge in [-0.2, -0.15) is 0 Å². The lowest BCUT2D eigenvalue weighted by atomic mass is 9.78. The molecule has 5 aromatic rings. The highest BCUT2D eigenvalue weighted by atomic mass is 127. The van der Waals surface area contributed by atoms with E-state index in [0.717, 1.165) is 53.8 Å². The molecule has 0 aromatic heterocycles. The van der Waals surface area contributed by atoms with E-state index in [2.05, 4.69) is 114 Å². The van der Waals surface area contributed by atoms with Gasteiger partial charge in [0.1, 0.15) is 29.0 Å². The molecular formula is C39H33I4NO7. The third kappa shape index (κ3) is 8.93. The molecule has 2 atom stereocenters. The fraction of sp³-hybridized carbons (Fsp3) is 0.179. The van der Waals surface area contributed by atoms with Gasteiger partial charge in [-0.1, -0.05) is 56.3 Å². The Balaban J connectivity index is 0.000000189. The van der Waals surface area contributed by atoms with Gasteiger partial charge in [-0.05, 0) is 156 Å². The van der Waals surface area contributed by atoms with Crippen molar-refractivity contribution in [1.82, 2.24) is 5.32 Å². The third-order valence-electron chi connectivity index (χ3n) is 7.90. The molecule has 264 valence electrons. The number of carboxylic acids is 1. The largest absolute Gasteiger partial charge is 0.508 e. The number of hydrogen-bond acceptors (Lipinski definition) is 6. The smallest absolute Gasteiger partial charge is 0.326 e. The minimum absolute atomic E-state index is 0.185. The SMILES string of the molecule is CC.CC(=O)NC(Cc1cc(I)c(Oc2cc(I)cc(I)c2)c(I)c1)C(=O)O.Oc1ccc2c(c1)Oc1ccccc1C21OCc2ccccc21. The topological polar surface area (TPSA) is 114 Å². The van der Waals surface area contributed by atoms with Crippen molar-refractivity contribution >= 4 is 102 Å². The molecule has 8 nitrogen and oxygen atoms in total. The molecule has 7 rings (SSSR count). The highest BCUT2D eigenvalue weighted by Crippen LogP contribution is 2.56. The molecule has 0 saturated heterocycles. The Labute approximate surface area is 351 Å². The number of nitrogens with one attached hydrogen (secondary N) is 1. The summed E-state index contributed by atoms with van der Waals surface area (Å²) in [6.07, 6.45) is 0.211. The third-order valence-corrected chi connectivity index (χ3v) is 10.7. The summed E-state index contributed by atoms with van der Waals surface area (Å²) in [4.78, 5) is 22.5. The zero-order valence-corrected chi connectivity index (χ0v) is 36.3. The number of halogens is 4.